The molecular formula is C21H22F3N3O4. The zero-order chi connectivity index (χ0) is 22.4. The van der Waals surface area contributed by atoms with Gasteiger partial charge in [0, 0.05) is 12.6 Å². The minimum absolute atomic E-state index is 0.0374. The highest BCUT2D eigenvalue weighted by atomic mass is 19.4. The number of carbonyl (C=O) groups is 2. The summed E-state index contributed by atoms with van der Waals surface area (Å²) < 4.78 is 44.3. The van der Waals surface area contributed by atoms with E-state index < -0.39 is 30.4 Å². The predicted octanol–water partition coefficient (Wildman–Crippen LogP) is 3.60. The summed E-state index contributed by atoms with van der Waals surface area (Å²) in [6.45, 7) is -0.00842. The number of hydroxylamine groups is 1. The maximum absolute atomic E-state index is 13.1. The van der Waals surface area contributed by atoms with Gasteiger partial charge in [-0.25, -0.2) is 4.79 Å². The van der Waals surface area contributed by atoms with E-state index in [-0.39, 0.29) is 30.3 Å². The van der Waals surface area contributed by atoms with Crippen molar-refractivity contribution in [1.29, 1.82) is 0 Å². The number of ether oxygens (including phenoxy) is 1. The number of anilines is 1. The standard InChI is InChI=1S/C21H22F3N3O4/c22-21(23,24)31-27(16-9-5-2-6-10-16)19(28)18-12-11-17(13-25)26(18)20(29)30-14-15-7-3-1-4-8-15/h1-10,17-18H,11-14,25H2. The van der Waals surface area contributed by atoms with Gasteiger partial charge in [0.25, 0.3) is 5.91 Å². The van der Waals surface area contributed by atoms with E-state index in [1.54, 1.807) is 30.3 Å². The molecule has 7 nitrogen and oxygen atoms in total. The largest absolute Gasteiger partial charge is 0.544 e. The third kappa shape index (κ3) is 5.74. The lowest BCUT2D eigenvalue weighted by Gasteiger charge is -2.31. The third-order valence-corrected chi connectivity index (χ3v) is 4.86. The highest BCUT2D eigenvalue weighted by Gasteiger charge is 2.46. The number of alkyl halides is 3. The fourth-order valence-electron chi connectivity index (χ4n) is 3.45. The Morgan fingerprint density at radius 1 is 1.03 bits per heavy atom. The molecule has 3 rings (SSSR count). The topological polar surface area (TPSA) is 85.1 Å². The van der Waals surface area contributed by atoms with Crippen LogP contribution in [0.25, 0.3) is 0 Å². The molecule has 1 aliphatic rings. The van der Waals surface area contributed by atoms with E-state index in [1.807, 2.05) is 6.07 Å². The van der Waals surface area contributed by atoms with Crippen molar-refractivity contribution in [3.05, 3.63) is 66.2 Å². The van der Waals surface area contributed by atoms with Crippen LogP contribution < -0.4 is 10.8 Å². The van der Waals surface area contributed by atoms with Gasteiger partial charge in [-0.2, -0.15) is 9.90 Å². The van der Waals surface area contributed by atoms with Gasteiger partial charge in [-0.3, -0.25) is 9.69 Å². The van der Waals surface area contributed by atoms with E-state index in [2.05, 4.69) is 4.84 Å². The lowest BCUT2D eigenvalue weighted by molar-refractivity contribution is -0.327. The summed E-state index contributed by atoms with van der Waals surface area (Å²) in [6.07, 6.45) is -5.45. The Morgan fingerprint density at radius 3 is 2.23 bits per heavy atom. The second-order valence-electron chi connectivity index (χ2n) is 6.94. The second kappa shape index (κ2) is 9.80. The summed E-state index contributed by atoms with van der Waals surface area (Å²) in [7, 11) is 0. The Labute approximate surface area is 177 Å². The number of hydrogen-bond acceptors (Lipinski definition) is 5. The average Bonchev–Trinajstić information content (AvgIpc) is 3.20. The third-order valence-electron chi connectivity index (χ3n) is 4.86. The number of nitrogens with zero attached hydrogens (tertiary/aromatic N) is 2. The molecule has 31 heavy (non-hydrogen) atoms. The highest BCUT2D eigenvalue weighted by molar-refractivity contribution is 5.97. The lowest BCUT2D eigenvalue weighted by Crippen LogP contribution is -2.52. The molecule has 1 saturated heterocycles. The fraction of sp³-hybridized carbons (Fsp3) is 0.333. The number of nitrogens with two attached hydrogens (primary N) is 1. The van der Waals surface area contributed by atoms with Gasteiger partial charge in [-0.1, -0.05) is 48.5 Å². The Bertz CT molecular complexity index is 880. The molecule has 166 valence electrons. The van der Waals surface area contributed by atoms with Crippen molar-refractivity contribution in [3.8, 4) is 0 Å². The van der Waals surface area contributed by atoms with Crippen LogP contribution in [0.2, 0.25) is 0 Å². The molecule has 0 saturated carbocycles. The summed E-state index contributed by atoms with van der Waals surface area (Å²) in [5.41, 5.74) is 6.35. The van der Waals surface area contributed by atoms with Gasteiger partial charge in [0.05, 0.1) is 5.69 Å². The van der Waals surface area contributed by atoms with Crippen LogP contribution >= 0.6 is 0 Å². The van der Waals surface area contributed by atoms with Crippen LogP contribution in [0.5, 0.6) is 0 Å². The molecule has 1 fully saturated rings. The van der Waals surface area contributed by atoms with Crippen molar-refractivity contribution >= 4 is 17.7 Å². The van der Waals surface area contributed by atoms with E-state index in [0.717, 1.165) is 10.5 Å². The average molecular weight is 437 g/mol. The fourth-order valence-corrected chi connectivity index (χ4v) is 3.45. The van der Waals surface area contributed by atoms with E-state index >= 15 is 0 Å². The molecule has 2 aromatic rings. The Balaban J connectivity index is 1.81. The number of carbonyl (C=O) groups excluding carboxylic acids is 2. The zero-order valence-corrected chi connectivity index (χ0v) is 16.5. The summed E-state index contributed by atoms with van der Waals surface area (Å²) in [4.78, 5) is 31.0. The molecule has 2 aromatic carbocycles. The molecule has 2 N–H and O–H groups in total. The van der Waals surface area contributed by atoms with Crippen LogP contribution in [0.4, 0.5) is 23.7 Å². The first-order valence-corrected chi connectivity index (χ1v) is 9.64. The summed E-state index contributed by atoms with van der Waals surface area (Å²) >= 11 is 0. The van der Waals surface area contributed by atoms with Gasteiger partial charge in [0.1, 0.15) is 12.6 Å². The van der Waals surface area contributed by atoms with E-state index in [1.165, 1.54) is 24.3 Å². The maximum atomic E-state index is 13.1. The lowest BCUT2D eigenvalue weighted by atomic mass is 10.2. The van der Waals surface area contributed by atoms with Crippen LogP contribution in [0.1, 0.15) is 18.4 Å². The van der Waals surface area contributed by atoms with E-state index in [4.69, 9.17) is 10.5 Å². The van der Waals surface area contributed by atoms with Crippen molar-refractivity contribution < 1.29 is 32.3 Å². The number of para-hydroxylation sites is 1. The monoisotopic (exact) mass is 437 g/mol. The van der Waals surface area contributed by atoms with Crippen LogP contribution in [0, 0.1) is 0 Å². The smallest absolute Gasteiger partial charge is 0.445 e. The number of hydrogen-bond donors (Lipinski definition) is 1. The number of rotatable bonds is 6. The van der Waals surface area contributed by atoms with Crippen molar-refractivity contribution in [2.24, 2.45) is 5.73 Å². The molecule has 0 aromatic heterocycles. The van der Waals surface area contributed by atoms with E-state index in [9.17, 15) is 22.8 Å². The molecule has 2 amide bonds. The van der Waals surface area contributed by atoms with Crippen molar-refractivity contribution in [2.45, 2.75) is 37.9 Å². The first-order valence-electron chi connectivity index (χ1n) is 9.64. The molecule has 0 spiro atoms. The molecule has 0 radical (unpaired) electrons. The maximum Gasteiger partial charge on any atom is 0.544 e. The number of benzene rings is 2. The Kier molecular flexibility index (Phi) is 7.13. The summed E-state index contributed by atoms with van der Waals surface area (Å²) in [5, 5.41) is 0.168. The molecule has 2 unspecified atom stereocenters. The molecule has 2 atom stereocenters. The molecule has 10 heteroatoms. The normalized spacial score (nSPS) is 18.6. The van der Waals surface area contributed by atoms with Gasteiger partial charge in [-0.15, -0.1) is 13.2 Å². The van der Waals surface area contributed by atoms with Gasteiger partial charge >= 0.3 is 12.5 Å². The summed E-state index contributed by atoms with van der Waals surface area (Å²) in [5.74, 6) is -1.03. The quantitative estimate of drug-likeness (QED) is 0.698. The van der Waals surface area contributed by atoms with Crippen molar-refractivity contribution in [2.75, 3.05) is 11.6 Å². The highest BCUT2D eigenvalue weighted by Crippen LogP contribution is 2.30. The molecular weight excluding hydrogens is 415 g/mol. The molecule has 0 bridgehead atoms. The van der Waals surface area contributed by atoms with Gasteiger partial charge < -0.3 is 10.5 Å². The zero-order valence-electron chi connectivity index (χ0n) is 16.5. The van der Waals surface area contributed by atoms with Gasteiger partial charge in [0.15, 0.2) is 0 Å². The van der Waals surface area contributed by atoms with Crippen molar-refractivity contribution in [3.63, 3.8) is 0 Å². The van der Waals surface area contributed by atoms with Crippen molar-refractivity contribution in [1.82, 2.24) is 4.90 Å². The van der Waals surface area contributed by atoms with Gasteiger partial charge in [0.2, 0.25) is 0 Å². The number of amides is 2. The summed E-state index contributed by atoms with van der Waals surface area (Å²) in [6, 6.07) is 14.3. The van der Waals surface area contributed by atoms with Crippen LogP contribution in [-0.2, 0) is 21.0 Å². The molecule has 0 aliphatic carbocycles. The van der Waals surface area contributed by atoms with Crippen LogP contribution in [-0.4, -0.2) is 41.9 Å². The first kappa shape index (κ1) is 22.6. The first-order chi connectivity index (χ1) is 14.8. The van der Waals surface area contributed by atoms with Crippen LogP contribution in [0.15, 0.2) is 60.7 Å². The number of halogens is 3. The minimum Gasteiger partial charge on any atom is -0.445 e. The SMILES string of the molecule is NCC1CCC(C(=O)N(OC(F)(F)F)c2ccccc2)N1C(=O)OCc1ccccc1. The van der Waals surface area contributed by atoms with Gasteiger partial charge in [-0.05, 0) is 30.5 Å². The minimum atomic E-state index is -5.10. The Hall–Kier alpha value is -3.11. The van der Waals surface area contributed by atoms with Crippen LogP contribution in [0.3, 0.4) is 0 Å². The van der Waals surface area contributed by atoms with E-state index in [0.29, 0.717) is 6.42 Å². The Morgan fingerprint density at radius 2 is 1.65 bits per heavy atom. The second-order valence-corrected chi connectivity index (χ2v) is 6.94. The predicted molar refractivity (Wildman–Crippen MR) is 105 cm³/mol. The molecule has 1 aliphatic heterocycles. The number of likely N-dealkylation sites (tertiary alicyclic amines) is 1. The molecule has 1 heterocycles.